The molecule has 1 saturated heterocycles. The molecular formula is C17H21F2N7O3. The maximum Gasteiger partial charge on any atom is 0.388 e. The van der Waals surface area contributed by atoms with Crippen molar-refractivity contribution in [1.29, 1.82) is 0 Å². The van der Waals surface area contributed by atoms with Gasteiger partial charge in [0.05, 0.1) is 12.3 Å². The Bertz CT molecular complexity index is 969. The highest BCUT2D eigenvalue weighted by Crippen LogP contribution is 2.26. The summed E-state index contributed by atoms with van der Waals surface area (Å²) in [7, 11) is 0. The Labute approximate surface area is 164 Å². The van der Waals surface area contributed by atoms with Gasteiger partial charge < -0.3 is 19.9 Å². The molecule has 10 nitrogen and oxygen atoms in total. The van der Waals surface area contributed by atoms with E-state index in [0.717, 1.165) is 12.8 Å². The predicted octanol–water partition coefficient (Wildman–Crippen LogP) is 2.37. The van der Waals surface area contributed by atoms with Crippen LogP contribution in [0.25, 0.3) is 11.2 Å². The molecule has 0 saturated carbocycles. The van der Waals surface area contributed by atoms with Crippen LogP contribution in [0.3, 0.4) is 0 Å². The summed E-state index contributed by atoms with van der Waals surface area (Å²) in [6, 6.07) is 1.29. The van der Waals surface area contributed by atoms with Crippen molar-refractivity contribution < 1.29 is 23.4 Å². The van der Waals surface area contributed by atoms with E-state index in [9.17, 15) is 13.9 Å². The van der Waals surface area contributed by atoms with Crippen molar-refractivity contribution in [2.24, 2.45) is 5.92 Å². The molecule has 0 bridgehead atoms. The van der Waals surface area contributed by atoms with Gasteiger partial charge in [-0.2, -0.15) is 19.0 Å². The number of alkyl halides is 2. The van der Waals surface area contributed by atoms with E-state index in [4.69, 9.17) is 4.74 Å². The molecule has 4 heterocycles. The Balaban J connectivity index is 1.60. The Morgan fingerprint density at radius 3 is 2.90 bits per heavy atom. The Kier molecular flexibility index (Phi) is 5.53. The van der Waals surface area contributed by atoms with Crippen LogP contribution in [0.5, 0.6) is 5.88 Å². The molecule has 29 heavy (non-hydrogen) atoms. The van der Waals surface area contributed by atoms with Crippen LogP contribution in [-0.4, -0.2) is 54.9 Å². The monoisotopic (exact) mass is 409 g/mol. The highest BCUT2D eigenvalue weighted by atomic mass is 19.3. The quantitative estimate of drug-likeness (QED) is 0.544. The maximum absolute atomic E-state index is 12.3. The summed E-state index contributed by atoms with van der Waals surface area (Å²) in [5.74, 6) is 0.836. The van der Waals surface area contributed by atoms with Gasteiger partial charge in [-0.05, 0) is 25.7 Å². The van der Waals surface area contributed by atoms with E-state index in [1.807, 2.05) is 0 Å². The molecule has 1 fully saturated rings. The minimum Gasteiger partial charge on any atom is -0.417 e. The van der Waals surface area contributed by atoms with E-state index < -0.39 is 12.7 Å². The lowest BCUT2D eigenvalue weighted by atomic mass is 10.0. The third-order valence-corrected chi connectivity index (χ3v) is 4.66. The average molecular weight is 409 g/mol. The minimum absolute atomic E-state index is 0.169. The van der Waals surface area contributed by atoms with Crippen molar-refractivity contribution >= 4 is 22.8 Å². The Morgan fingerprint density at radius 1 is 1.38 bits per heavy atom. The fourth-order valence-electron chi connectivity index (χ4n) is 3.26. The molecule has 0 aliphatic carbocycles. The Hall–Kier alpha value is -2.86. The highest BCUT2D eigenvalue weighted by Gasteiger charge is 2.21. The van der Waals surface area contributed by atoms with Gasteiger partial charge in [0.1, 0.15) is 11.2 Å². The summed E-state index contributed by atoms with van der Waals surface area (Å²) < 4.78 is 36.0. The lowest BCUT2D eigenvalue weighted by Gasteiger charge is -2.21. The number of hydrogen-bond donors (Lipinski definition) is 3. The highest BCUT2D eigenvalue weighted by molar-refractivity contribution is 5.76. The number of fused-ring (bicyclic) bond motifs is 1. The number of ether oxygens (including phenoxy) is 2. The second kappa shape index (κ2) is 8.25. The number of aliphatic hydroxyl groups is 1. The third kappa shape index (κ3) is 4.43. The number of aromatic nitrogens is 6. The van der Waals surface area contributed by atoms with Gasteiger partial charge in [0, 0.05) is 25.8 Å². The van der Waals surface area contributed by atoms with Crippen molar-refractivity contribution in [2.75, 3.05) is 18.5 Å². The molecular weight excluding hydrogens is 388 g/mol. The first-order valence-electron chi connectivity index (χ1n) is 9.26. The molecule has 12 heteroatoms. The third-order valence-electron chi connectivity index (χ3n) is 4.66. The molecule has 1 aliphatic heterocycles. The zero-order valence-electron chi connectivity index (χ0n) is 15.7. The molecule has 3 N–H and O–H groups in total. The Morgan fingerprint density at radius 2 is 2.17 bits per heavy atom. The van der Waals surface area contributed by atoms with E-state index in [2.05, 4.69) is 35.3 Å². The lowest BCUT2D eigenvalue weighted by Crippen LogP contribution is -2.21. The molecule has 0 amide bonds. The number of halogens is 2. The van der Waals surface area contributed by atoms with Crippen molar-refractivity contribution in [3.63, 3.8) is 0 Å². The van der Waals surface area contributed by atoms with Gasteiger partial charge in [-0.25, -0.2) is 19.7 Å². The average Bonchev–Trinajstić information content (AvgIpc) is 3.27. The molecule has 1 aliphatic rings. The second-order valence-corrected chi connectivity index (χ2v) is 6.85. The fourth-order valence-corrected chi connectivity index (χ4v) is 3.26. The van der Waals surface area contributed by atoms with Crippen molar-refractivity contribution in [1.82, 2.24) is 29.9 Å². The SMILES string of the molecule is C[C@H](O)c1nn(CC2CCOCC2)c2nc(Nc3cc(OC(F)F)[nH]n3)cnc12. The van der Waals surface area contributed by atoms with Crippen LogP contribution in [0.15, 0.2) is 12.3 Å². The van der Waals surface area contributed by atoms with Gasteiger partial charge in [0.25, 0.3) is 0 Å². The number of hydrogen-bond acceptors (Lipinski definition) is 8. The van der Waals surface area contributed by atoms with E-state index in [1.54, 1.807) is 11.6 Å². The first-order chi connectivity index (χ1) is 14.0. The summed E-state index contributed by atoms with van der Waals surface area (Å²) in [6.45, 7) is 0.752. The van der Waals surface area contributed by atoms with Crippen LogP contribution in [0.2, 0.25) is 0 Å². The largest absolute Gasteiger partial charge is 0.417 e. The van der Waals surface area contributed by atoms with E-state index in [-0.39, 0.29) is 11.7 Å². The second-order valence-electron chi connectivity index (χ2n) is 6.85. The number of nitrogens with zero attached hydrogens (tertiary/aromatic N) is 5. The molecule has 0 aromatic carbocycles. The van der Waals surface area contributed by atoms with Crippen LogP contribution < -0.4 is 10.1 Å². The van der Waals surface area contributed by atoms with Gasteiger partial charge in [0.15, 0.2) is 17.3 Å². The standard InChI is InChI=1S/C17H21F2N7O3/c1-9(27)14-15-16(26(25-14)8-10-2-4-28-5-3-10)22-12(7-20-15)21-11-6-13(24-23-11)29-17(18)19/h6-7,9-10,17,27H,2-5,8H2,1H3,(H2,21,22,23,24)/t9-/m0/s1. The molecule has 0 radical (unpaired) electrons. The number of aromatic amines is 1. The molecule has 0 spiro atoms. The molecule has 3 aromatic heterocycles. The number of rotatable bonds is 7. The van der Waals surface area contributed by atoms with Gasteiger partial charge in [0.2, 0.25) is 5.88 Å². The topological polar surface area (TPSA) is 123 Å². The van der Waals surface area contributed by atoms with Crippen LogP contribution in [-0.2, 0) is 11.3 Å². The summed E-state index contributed by atoms with van der Waals surface area (Å²) in [5.41, 5.74) is 1.50. The van der Waals surface area contributed by atoms with Gasteiger partial charge in [-0.3, -0.25) is 0 Å². The number of aliphatic hydroxyl groups excluding tert-OH is 1. The number of H-pyrrole nitrogens is 1. The maximum atomic E-state index is 12.3. The molecule has 3 aromatic rings. The fraction of sp³-hybridized carbons (Fsp3) is 0.529. The van der Waals surface area contributed by atoms with Crippen LogP contribution in [0, 0.1) is 5.92 Å². The number of anilines is 2. The van der Waals surface area contributed by atoms with Crippen LogP contribution in [0.4, 0.5) is 20.4 Å². The smallest absolute Gasteiger partial charge is 0.388 e. The molecule has 4 rings (SSSR count). The molecule has 1 atom stereocenters. The summed E-state index contributed by atoms with van der Waals surface area (Å²) in [6.07, 6.45) is 2.53. The zero-order valence-corrected chi connectivity index (χ0v) is 15.7. The van der Waals surface area contributed by atoms with Crippen molar-refractivity contribution in [2.45, 2.75) is 39.0 Å². The van der Waals surface area contributed by atoms with Crippen LogP contribution in [0.1, 0.15) is 31.6 Å². The van der Waals surface area contributed by atoms with Gasteiger partial charge in [-0.15, -0.1) is 0 Å². The number of nitrogens with one attached hydrogen (secondary N) is 2. The van der Waals surface area contributed by atoms with E-state index in [0.29, 0.717) is 48.4 Å². The zero-order chi connectivity index (χ0) is 20.4. The van der Waals surface area contributed by atoms with Gasteiger partial charge in [-0.1, -0.05) is 0 Å². The van der Waals surface area contributed by atoms with E-state index in [1.165, 1.54) is 12.3 Å². The minimum atomic E-state index is -2.95. The normalized spacial score (nSPS) is 16.4. The van der Waals surface area contributed by atoms with Crippen molar-refractivity contribution in [3.8, 4) is 5.88 Å². The van der Waals surface area contributed by atoms with Gasteiger partial charge >= 0.3 is 6.61 Å². The summed E-state index contributed by atoms with van der Waals surface area (Å²) >= 11 is 0. The first-order valence-corrected chi connectivity index (χ1v) is 9.26. The predicted molar refractivity (Wildman–Crippen MR) is 98.0 cm³/mol. The lowest BCUT2D eigenvalue weighted by molar-refractivity contribution is -0.0528. The van der Waals surface area contributed by atoms with Crippen LogP contribution >= 0.6 is 0 Å². The van der Waals surface area contributed by atoms with E-state index >= 15 is 0 Å². The first kappa shape index (κ1) is 19.5. The molecule has 156 valence electrons. The van der Waals surface area contributed by atoms with Crippen molar-refractivity contribution in [3.05, 3.63) is 18.0 Å². The molecule has 0 unspecified atom stereocenters. The summed E-state index contributed by atoms with van der Waals surface area (Å²) in [5, 5.41) is 23.7. The summed E-state index contributed by atoms with van der Waals surface area (Å²) in [4.78, 5) is 8.94.